The van der Waals surface area contributed by atoms with Crippen molar-refractivity contribution < 1.29 is 28.8 Å². The summed E-state index contributed by atoms with van der Waals surface area (Å²) in [5, 5.41) is 9.61. The van der Waals surface area contributed by atoms with Crippen LogP contribution in [0.15, 0.2) is 42.5 Å². The van der Waals surface area contributed by atoms with Crippen molar-refractivity contribution in [2.45, 2.75) is 57.3 Å². The van der Waals surface area contributed by atoms with Gasteiger partial charge in [-0.2, -0.15) is 0 Å². The third kappa shape index (κ3) is 7.50. The molecule has 1 aliphatic rings. The molecule has 4 atom stereocenters. The molecule has 1 aliphatic heterocycles. The van der Waals surface area contributed by atoms with Gasteiger partial charge in [0.2, 0.25) is 0 Å². The number of ether oxygens (including phenoxy) is 5. The highest BCUT2D eigenvalue weighted by molar-refractivity contribution is 5.52. The zero-order chi connectivity index (χ0) is 22.0. The van der Waals surface area contributed by atoms with Gasteiger partial charge in [-0.1, -0.05) is 36.4 Å². The molecule has 1 aromatic rings. The third-order valence-electron chi connectivity index (χ3n) is 4.71. The lowest BCUT2D eigenvalue weighted by Crippen LogP contribution is -2.51. The Hall–Kier alpha value is -1.74. The summed E-state index contributed by atoms with van der Waals surface area (Å²) in [6, 6.07) is 7.37. The van der Waals surface area contributed by atoms with Crippen LogP contribution in [0, 0.1) is 0 Å². The van der Waals surface area contributed by atoms with Crippen molar-refractivity contribution in [3.8, 4) is 5.75 Å². The summed E-state index contributed by atoms with van der Waals surface area (Å²) >= 11 is 0. The minimum atomic E-state index is -0.750. The molecular formula is C23H35NO6. The second-order valence-electron chi connectivity index (χ2n) is 7.54. The van der Waals surface area contributed by atoms with Crippen LogP contribution in [0.5, 0.6) is 5.75 Å². The summed E-state index contributed by atoms with van der Waals surface area (Å²) < 4.78 is 27.9. The van der Waals surface area contributed by atoms with Gasteiger partial charge in [0.05, 0.1) is 25.4 Å². The standard InChI is InChI=1S/C23H35NO6/c1-5-27-18-13-11-17(12-14-18)9-7-6-8-10-19-22(30-23(2,3)29-19)21(24)20(15-25)28-16-26-4/h6-9,11-14,19-22,25H,5,10,15-16,24H2,1-4H3/b8-6+,9-7+/t19-,20+,21-,22+/m0/s1. The molecule has 1 heterocycles. The van der Waals surface area contributed by atoms with Crippen molar-refractivity contribution >= 4 is 6.08 Å². The highest BCUT2D eigenvalue weighted by Crippen LogP contribution is 2.32. The molecule has 7 heteroatoms. The zero-order valence-electron chi connectivity index (χ0n) is 18.3. The van der Waals surface area contributed by atoms with Gasteiger partial charge in [0.25, 0.3) is 0 Å². The Morgan fingerprint density at radius 1 is 1.20 bits per heavy atom. The van der Waals surface area contributed by atoms with E-state index in [4.69, 9.17) is 29.4 Å². The fraction of sp³-hybridized carbons (Fsp3) is 0.565. The van der Waals surface area contributed by atoms with Gasteiger partial charge < -0.3 is 34.5 Å². The minimum absolute atomic E-state index is 0.0524. The van der Waals surface area contributed by atoms with Crippen molar-refractivity contribution in [3.05, 3.63) is 48.1 Å². The molecule has 1 fully saturated rings. The van der Waals surface area contributed by atoms with E-state index in [1.54, 1.807) is 0 Å². The Bertz CT molecular complexity index is 673. The quantitative estimate of drug-likeness (QED) is 0.396. The van der Waals surface area contributed by atoms with Gasteiger partial charge in [-0.05, 0) is 44.9 Å². The molecule has 0 bridgehead atoms. The van der Waals surface area contributed by atoms with Crippen molar-refractivity contribution in [2.75, 3.05) is 27.1 Å². The second kappa shape index (κ2) is 12.2. The van der Waals surface area contributed by atoms with Crippen LogP contribution < -0.4 is 10.5 Å². The highest BCUT2D eigenvalue weighted by atomic mass is 16.8. The van der Waals surface area contributed by atoms with Crippen molar-refractivity contribution in [3.63, 3.8) is 0 Å². The molecule has 30 heavy (non-hydrogen) atoms. The Kier molecular flexibility index (Phi) is 9.97. The smallest absolute Gasteiger partial charge is 0.163 e. The molecule has 0 spiro atoms. The van der Waals surface area contributed by atoms with Crippen molar-refractivity contribution in [1.82, 2.24) is 0 Å². The summed E-state index contributed by atoms with van der Waals surface area (Å²) in [7, 11) is 1.52. The number of rotatable bonds is 12. The monoisotopic (exact) mass is 421 g/mol. The molecule has 0 saturated carbocycles. The average Bonchev–Trinajstić information content (AvgIpc) is 3.04. The third-order valence-corrected chi connectivity index (χ3v) is 4.71. The van der Waals surface area contributed by atoms with Crippen LogP contribution in [0.25, 0.3) is 6.08 Å². The van der Waals surface area contributed by atoms with Gasteiger partial charge >= 0.3 is 0 Å². The summed E-state index contributed by atoms with van der Waals surface area (Å²) in [5.41, 5.74) is 7.42. The first kappa shape index (κ1) is 24.5. The molecule has 0 radical (unpaired) electrons. The average molecular weight is 422 g/mol. The van der Waals surface area contributed by atoms with Crippen LogP contribution >= 0.6 is 0 Å². The fourth-order valence-corrected chi connectivity index (χ4v) is 3.32. The Balaban J connectivity index is 1.93. The van der Waals surface area contributed by atoms with E-state index in [1.165, 1.54) is 7.11 Å². The minimum Gasteiger partial charge on any atom is -0.494 e. The fourth-order valence-electron chi connectivity index (χ4n) is 3.32. The normalized spacial score (nSPS) is 23.3. The highest BCUT2D eigenvalue weighted by Gasteiger charge is 2.45. The SMILES string of the molecule is CCOc1ccc(/C=C/C=C/C[C@@H]2OC(C)(C)O[C@H]2[C@@H](N)[C@@H](CO)OCOC)cc1. The summed E-state index contributed by atoms with van der Waals surface area (Å²) in [6.07, 6.45) is 7.36. The summed E-state index contributed by atoms with van der Waals surface area (Å²) in [4.78, 5) is 0. The van der Waals surface area contributed by atoms with Gasteiger partial charge in [0.15, 0.2) is 5.79 Å². The summed E-state index contributed by atoms with van der Waals surface area (Å²) in [6.45, 7) is 6.16. The number of benzene rings is 1. The topological polar surface area (TPSA) is 92.4 Å². The molecule has 2 rings (SSSR count). The zero-order valence-corrected chi connectivity index (χ0v) is 18.3. The number of hydrogen-bond donors (Lipinski definition) is 2. The molecule has 0 amide bonds. The first-order valence-corrected chi connectivity index (χ1v) is 10.3. The van der Waals surface area contributed by atoms with Gasteiger partial charge in [0, 0.05) is 7.11 Å². The van der Waals surface area contributed by atoms with E-state index in [9.17, 15) is 5.11 Å². The van der Waals surface area contributed by atoms with Crippen LogP contribution in [-0.2, 0) is 18.9 Å². The molecule has 168 valence electrons. The van der Waals surface area contributed by atoms with Gasteiger partial charge in [0.1, 0.15) is 24.8 Å². The molecule has 3 N–H and O–H groups in total. The molecule has 7 nitrogen and oxygen atoms in total. The number of aliphatic hydroxyl groups excluding tert-OH is 1. The van der Waals surface area contributed by atoms with E-state index in [0.717, 1.165) is 11.3 Å². The van der Waals surface area contributed by atoms with Crippen LogP contribution in [-0.4, -0.2) is 62.4 Å². The van der Waals surface area contributed by atoms with Crippen LogP contribution in [0.2, 0.25) is 0 Å². The lowest BCUT2D eigenvalue weighted by Gasteiger charge is -2.29. The molecule has 0 unspecified atom stereocenters. The maximum atomic E-state index is 9.61. The largest absolute Gasteiger partial charge is 0.494 e. The lowest BCUT2D eigenvalue weighted by atomic mass is 9.99. The lowest BCUT2D eigenvalue weighted by molar-refractivity contribution is -0.156. The van der Waals surface area contributed by atoms with E-state index in [0.29, 0.717) is 13.0 Å². The van der Waals surface area contributed by atoms with Crippen molar-refractivity contribution in [1.29, 1.82) is 0 Å². The van der Waals surface area contributed by atoms with Gasteiger partial charge in [-0.15, -0.1) is 0 Å². The van der Waals surface area contributed by atoms with Crippen LogP contribution in [0.4, 0.5) is 0 Å². The van der Waals surface area contributed by atoms with Gasteiger partial charge in [-0.3, -0.25) is 0 Å². The number of hydrogen-bond acceptors (Lipinski definition) is 7. The maximum absolute atomic E-state index is 9.61. The number of aliphatic hydroxyl groups is 1. The molecule has 1 saturated heterocycles. The maximum Gasteiger partial charge on any atom is 0.163 e. The van der Waals surface area contributed by atoms with Crippen LogP contribution in [0.3, 0.4) is 0 Å². The first-order chi connectivity index (χ1) is 14.4. The Morgan fingerprint density at radius 3 is 2.57 bits per heavy atom. The van der Waals surface area contributed by atoms with Crippen molar-refractivity contribution in [2.24, 2.45) is 5.73 Å². The van der Waals surface area contributed by atoms with E-state index < -0.39 is 24.0 Å². The van der Waals surface area contributed by atoms with Crippen LogP contribution in [0.1, 0.15) is 32.8 Å². The van der Waals surface area contributed by atoms with E-state index in [1.807, 2.05) is 69.3 Å². The molecule has 0 aromatic heterocycles. The number of allylic oxidation sites excluding steroid dienone is 2. The predicted octanol–water partition coefficient (Wildman–Crippen LogP) is 2.87. The second-order valence-corrected chi connectivity index (χ2v) is 7.54. The van der Waals surface area contributed by atoms with E-state index >= 15 is 0 Å². The molecule has 1 aromatic carbocycles. The number of methoxy groups -OCH3 is 1. The number of nitrogens with two attached hydrogens (primary N) is 1. The van der Waals surface area contributed by atoms with E-state index in [2.05, 4.69) is 0 Å². The Morgan fingerprint density at radius 2 is 1.93 bits per heavy atom. The molecule has 0 aliphatic carbocycles. The van der Waals surface area contributed by atoms with Gasteiger partial charge in [-0.25, -0.2) is 0 Å². The summed E-state index contributed by atoms with van der Waals surface area (Å²) in [5.74, 6) is 0.115. The predicted molar refractivity (Wildman–Crippen MR) is 116 cm³/mol. The Labute approximate surface area is 179 Å². The molecular weight excluding hydrogens is 386 g/mol. The first-order valence-electron chi connectivity index (χ1n) is 10.3. The van der Waals surface area contributed by atoms with E-state index in [-0.39, 0.29) is 19.5 Å².